The number of fused-ring (bicyclic) bond motifs is 1. The Labute approximate surface area is 201 Å². The maximum Gasteiger partial charge on any atom is 0.204 e. The molecule has 4 aromatic heterocycles. The lowest BCUT2D eigenvalue weighted by molar-refractivity contribution is 0.572. The van der Waals surface area contributed by atoms with E-state index < -0.39 is 0 Å². The Kier molecular flexibility index (Phi) is 5.11. The van der Waals surface area contributed by atoms with Crippen molar-refractivity contribution in [1.29, 1.82) is 0 Å². The lowest BCUT2D eigenvalue weighted by Gasteiger charge is -2.07. The van der Waals surface area contributed by atoms with Gasteiger partial charge in [0.05, 0.1) is 18.4 Å². The molecule has 0 aliphatic carbocycles. The third kappa shape index (κ3) is 4.06. The minimum atomic E-state index is 0.536. The van der Waals surface area contributed by atoms with Crippen LogP contribution < -0.4 is 0 Å². The van der Waals surface area contributed by atoms with Gasteiger partial charge in [-0.3, -0.25) is 4.98 Å². The average molecular weight is 459 g/mol. The van der Waals surface area contributed by atoms with Gasteiger partial charge in [0.25, 0.3) is 0 Å². The SMILES string of the molecule is Cc1cc(C)cc(-c2cnn3c(-c4cccc(-c5nnn(Cc6ccncc6)n5)c4)ccnc23)c1. The highest BCUT2D eigenvalue weighted by Gasteiger charge is 2.14. The molecule has 0 aliphatic rings. The van der Waals surface area contributed by atoms with Crippen LogP contribution >= 0.6 is 0 Å². The van der Waals surface area contributed by atoms with Gasteiger partial charge in [0, 0.05) is 35.3 Å². The van der Waals surface area contributed by atoms with Crippen LogP contribution in [0.3, 0.4) is 0 Å². The normalized spacial score (nSPS) is 11.3. The Morgan fingerprint density at radius 1 is 0.800 bits per heavy atom. The first-order chi connectivity index (χ1) is 17.1. The predicted octanol–water partition coefficient (Wildman–Crippen LogP) is 4.78. The van der Waals surface area contributed by atoms with E-state index >= 15 is 0 Å². The molecular weight excluding hydrogens is 436 g/mol. The number of hydrogen-bond acceptors (Lipinski definition) is 6. The van der Waals surface area contributed by atoms with Crippen LogP contribution in [-0.4, -0.2) is 39.8 Å². The first kappa shape index (κ1) is 20.9. The molecule has 0 fully saturated rings. The zero-order valence-electron chi connectivity index (χ0n) is 19.4. The lowest BCUT2D eigenvalue weighted by atomic mass is 10.0. The third-order valence-corrected chi connectivity index (χ3v) is 5.88. The van der Waals surface area contributed by atoms with E-state index in [1.54, 1.807) is 17.2 Å². The molecule has 0 saturated carbocycles. The van der Waals surface area contributed by atoms with Crippen LogP contribution in [0.2, 0.25) is 0 Å². The monoisotopic (exact) mass is 458 g/mol. The highest BCUT2D eigenvalue weighted by Crippen LogP contribution is 2.29. The van der Waals surface area contributed by atoms with E-state index in [-0.39, 0.29) is 0 Å². The lowest BCUT2D eigenvalue weighted by Crippen LogP contribution is -2.03. The Balaban J connectivity index is 1.36. The third-order valence-electron chi connectivity index (χ3n) is 5.88. The maximum atomic E-state index is 4.69. The van der Waals surface area contributed by atoms with Gasteiger partial charge in [-0.2, -0.15) is 9.90 Å². The van der Waals surface area contributed by atoms with E-state index in [9.17, 15) is 0 Å². The van der Waals surface area contributed by atoms with Gasteiger partial charge < -0.3 is 0 Å². The minimum Gasteiger partial charge on any atom is -0.265 e. The van der Waals surface area contributed by atoms with Crippen LogP contribution in [0, 0.1) is 13.8 Å². The molecule has 8 nitrogen and oxygen atoms in total. The smallest absolute Gasteiger partial charge is 0.204 e. The van der Waals surface area contributed by atoms with E-state index in [0.29, 0.717) is 12.4 Å². The molecule has 35 heavy (non-hydrogen) atoms. The number of aromatic nitrogens is 8. The number of tetrazole rings is 1. The molecule has 0 N–H and O–H groups in total. The highest BCUT2D eigenvalue weighted by atomic mass is 15.6. The highest BCUT2D eigenvalue weighted by molar-refractivity contribution is 5.80. The second-order valence-corrected chi connectivity index (χ2v) is 8.58. The molecule has 170 valence electrons. The summed E-state index contributed by atoms with van der Waals surface area (Å²) in [4.78, 5) is 10.3. The molecule has 0 spiro atoms. The van der Waals surface area contributed by atoms with Crippen molar-refractivity contribution in [2.75, 3.05) is 0 Å². The van der Waals surface area contributed by atoms with Crippen molar-refractivity contribution in [1.82, 2.24) is 39.8 Å². The summed E-state index contributed by atoms with van der Waals surface area (Å²) in [6, 6.07) is 20.4. The van der Waals surface area contributed by atoms with Gasteiger partial charge in [0.15, 0.2) is 5.65 Å². The number of benzene rings is 2. The zero-order valence-corrected chi connectivity index (χ0v) is 19.4. The topological polar surface area (TPSA) is 86.7 Å². The Bertz CT molecular complexity index is 1630. The second-order valence-electron chi connectivity index (χ2n) is 8.58. The van der Waals surface area contributed by atoms with Crippen LogP contribution in [0.15, 0.2) is 85.5 Å². The summed E-state index contributed by atoms with van der Waals surface area (Å²) in [5.41, 5.74) is 9.26. The Morgan fingerprint density at radius 2 is 1.60 bits per heavy atom. The summed E-state index contributed by atoms with van der Waals surface area (Å²) in [5, 5.41) is 17.7. The number of pyridine rings is 1. The quantitative estimate of drug-likeness (QED) is 0.370. The van der Waals surface area contributed by atoms with Crippen LogP contribution in [0.1, 0.15) is 16.7 Å². The summed E-state index contributed by atoms with van der Waals surface area (Å²) in [5.74, 6) is 0.572. The largest absolute Gasteiger partial charge is 0.265 e. The van der Waals surface area contributed by atoms with Crippen molar-refractivity contribution in [2.45, 2.75) is 20.4 Å². The summed E-state index contributed by atoms with van der Waals surface area (Å²) < 4.78 is 1.89. The summed E-state index contributed by atoms with van der Waals surface area (Å²) in [6.45, 7) is 4.75. The Morgan fingerprint density at radius 3 is 2.43 bits per heavy atom. The van der Waals surface area contributed by atoms with Crippen LogP contribution in [0.5, 0.6) is 0 Å². The predicted molar refractivity (Wildman–Crippen MR) is 133 cm³/mol. The van der Waals surface area contributed by atoms with Gasteiger partial charge in [-0.15, -0.1) is 10.2 Å². The number of nitrogens with zero attached hydrogens (tertiary/aromatic N) is 8. The van der Waals surface area contributed by atoms with E-state index in [2.05, 4.69) is 74.7 Å². The fourth-order valence-electron chi connectivity index (χ4n) is 4.34. The van der Waals surface area contributed by atoms with Crippen LogP contribution in [-0.2, 0) is 6.54 Å². The molecule has 0 atom stereocenters. The van der Waals surface area contributed by atoms with Gasteiger partial charge in [-0.25, -0.2) is 9.50 Å². The molecule has 4 heterocycles. The van der Waals surface area contributed by atoms with Gasteiger partial charge in [0.2, 0.25) is 5.82 Å². The van der Waals surface area contributed by atoms with Gasteiger partial charge >= 0.3 is 0 Å². The van der Waals surface area contributed by atoms with Crippen molar-refractivity contribution in [2.24, 2.45) is 0 Å². The number of rotatable bonds is 5. The molecule has 0 aliphatic heterocycles. The number of hydrogen-bond donors (Lipinski definition) is 0. The van der Waals surface area contributed by atoms with E-state index in [4.69, 9.17) is 0 Å². The van der Waals surface area contributed by atoms with Gasteiger partial charge in [0.1, 0.15) is 0 Å². The molecule has 2 aromatic carbocycles. The van der Waals surface area contributed by atoms with Crippen LogP contribution in [0.4, 0.5) is 0 Å². The van der Waals surface area contributed by atoms with E-state index in [1.165, 1.54) is 11.1 Å². The zero-order chi connectivity index (χ0) is 23.8. The Hall–Kier alpha value is -4.72. The molecule has 0 radical (unpaired) electrons. The van der Waals surface area contributed by atoms with Crippen molar-refractivity contribution >= 4 is 5.65 Å². The first-order valence-electron chi connectivity index (χ1n) is 11.3. The fraction of sp³-hybridized carbons (Fsp3) is 0.111. The van der Waals surface area contributed by atoms with Crippen LogP contribution in [0.25, 0.3) is 39.4 Å². The van der Waals surface area contributed by atoms with Crippen molar-refractivity contribution in [3.63, 3.8) is 0 Å². The summed E-state index contributed by atoms with van der Waals surface area (Å²) >= 11 is 0. The average Bonchev–Trinajstić information content (AvgIpc) is 3.51. The number of aryl methyl sites for hydroxylation is 2. The van der Waals surface area contributed by atoms with E-state index in [0.717, 1.165) is 39.2 Å². The first-order valence-corrected chi connectivity index (χ1v) is 11.3. The molecule has 6 rings (SSSR count). The fourth-order valence-corrected chi connectivity index (χ4v) is 4.34. The molecule has 0 bridgehead atoms. The second kappa shape index (κ2) is 8.57. The standard InChI is InChI=1S/C27H22N8/c1-18-12-19(2)14-23(13-18)24-16-30-35-25(8-11-29-27(24)35)21-4-3-5-22(15-21)26-31-33-34(32-26)17-20-6-9-28-10-7-20/h3-16H,17H2,1-2H3. The molecule has 8 heteroatoms. The molecule has 6 aromatic rings. The summed E-state index contributed by atoms with van der Waals surface area (Å²) in [7, 11) is 0. The van der Waals surface area contributed by atoms with Crippen molar-refractivity contribution < 1.29 is 0 Å². The summed E-state index contributed by atoms with van der Waals surface area (Å²) in [6.07, 6.45) is 7.23. The minimum absolute atomic E-state index is 0.536. The van der Waals surface area contributed by atoms with Crippen molar-refractivity contribution in [3.8, 4) is 33.8 Å². The van der Waals surface area contributed by atoms with E-state index in [1.807, 2.05) is 47.2 Å². The van der Waals surface area contributed by atoms with Gasteiger partial charge in [-0.05, 0) is 54.5 Å². The molecular formula is C27H22N8. The molecule has 0 amide bonds. The molecule has 0 saturated heterocycles. The maximum absolute atomic E-state index is 4.69. The van der Waals surface area contributed by atoms with Gasteiger partial charge in [-0.1, -0.05) is 47.5 Å². The van der Waals surface area contributed by atoms with Crippen molar-refractivity contribution in [3.05, 3.63) is 102 Å². The molecule has 0 unspecified atom stereocenters.